The van der Waals surface area contributed by atoms with Crippen LogP contribution in [0.5, 0.6) is 5.75 Å². The molecule has 0 bridgehead atoms. The number of rotatable bonds is 5. The van der Waals surface area contributed by atoms with Gasteiger partial charge >= 0.3 is 0 Å². The third-order valence-electron chi connectivity index (χ3n) is 4.48. The van der Waals surface area contributed by atoms with Gasteiger partial charge in [0.15, 0.2) is 0 Å². The Bertz CT molecular complexity index is 641. The van der Waals surface area contributed by atoms with Gasteiger partial charge in [0.1, 0.15) is 11.6 Å². The Labute approximate surface area is 130 Å². The largest absolute Gasteiger partial charge is 0.497 e. The fourth-order valence-electron chi connectivity index (χ4n) is 3.00. The Balaban J connectivity index is 2.10. The van der Waals surface area contributed by atoms with E-state index in [1.165, 1.54) is 6.42 Å². The van der Waals surface area contributed by atoms with Crippen LogP contribution < -0.4 is 4.74 Å². The minimum absolute atomic E-state index is 0.0722. The predicted octanol–water partition coefficient (Wildman–Crippen LogP) is 3.91. The summed E-state index contributed by atoms with van der Waals surface area (Å²) in [6.07, 6.45) is 3.39. The van der Waals surface area contributed by atoms with Gasteiger partial charge in [0.25, 0.3) is 0 Å². The van der Waals surface area contributed by atoms with Gasteiger partial charge in [0.2, 0.25) is 0 Å². The van der Waals surface area contributed by atoms with E-state index in [2.05, 4.69) is 9.55 Å². The molecule has 1 heterocycles. The van der Waals surface area contributed by atoms with Crippen LogP contribution in [-0.2, 0) is 11.3 Å². The highest BCUT2D eigenvalue weighted by atomic mass is 35.5. The minimum Gasteiger partial charge on any atom is -0.497 e. The summed E-state index contributed by atoms with van der Waals surface area (Å²) in [5.41, 5.74) is 1.93. The minimum atomic E-state index is -0.141. The Kier molecular flexibility index (Phi) is 3.84. The number of hydrogen-bond acceptors (Lipinski definition) is 3. The summed E-state index contributed by atoms with van der Waals surface area (Å²) in [6.45, 7) is 2.75. The van der Waals surface area contributed by atoms with E-state index in [0.717, 1.165) is 42.0 Å². The summed E-state index contributed by atoms with van der Waals surface area (Å²) in [5, 5.41) is -0.141. The first-order valence-corrected chi connectivity index (χ1v) is 7.75. The number of fused-ring (bicyclic) bond motifs is 1. The van der Waals surface area contributed by atoms with E-state index in [1.807, 2.05) is 25.1 Å². The van der Waals surface area contributed by atoms with Crippen molar-refractivity contribution < 1.29 is 9.47 Å². The maximum atomic E-state index is 6.33. The molecule has 3 rings (SSSR count). The second kappa shape index (κ2) is 5.50. The molecule has 21 heavy (non-hydrogen) atoms. The normalized spacial score (nSPS) is 18.5. The van der Waals surface area contributed by atoms with Gasteiger partial charge in [-0.1, -0.05) is 0 Å². The van der Waals surface area contributed by atoms with E-state index in [4.69, 9.17) is 21.1 Å². The van der Waals surface area contributed by atoms with Gasteiger partial charge in [0, 0.05) is 13.2 Å². The highest BCUT2D eigenvalue weighted by Crippen LogP contribution is 2.39. The number of imidazole rings is 1. The van der Waals surface area contributed by atoms with Crippen molar-refractivity contribution in [3.05, 3.63) is 24.0 Å². The summed E-state index contributed by atoms with van der Waals surface area (Å²) in [5.74, 6) is 1.72. The maximum absolute atomic E-state index is 6.33. The van der Waals surface area contributed by atoms with Crippen LogP contribution in [0.3, 0.4) is 0 Å². The van der Waals surface area contributed by atoms with Crippen LogP contribution in [0, 0.1) is 0 Å². The van der Waals surface area contributed by atoms with Crippen molar-refractivity contribution in [1.29, 1.82) is 0 Å². The second-order valence-corrected chi connectivity index (χ2v) is 6.42. The van der Waals surface area contributed by atoms with Crippen molar-refractivity contribution >= 4 is 22.6 Å². The van der Waals surface area contributed by atoms with Crippen molar-refractivity contribution in [2.45, 2.75) is 43.7 Å². The van der Waals surface area contributed by atoms with Gasteiger partial charge < -0.3 is 14.0 Å². The Morgan fingerprint density at radius 3 is 2.67 bits per heavy atom. The lowest BCUT2D eigenvalue weighted by molar-refractivity contribution is -0.0832. The molecule has 1 unspecified atom stereocenters. The molecule has 0 radical (unpaired) electrons. The molecule has 0 N–H and O–H groups in total. The van der Waals surface area contributed by atoms with Crippen LogP contribution in [0.2, 0.25) is 0 Å². The van der Waals surface area contributed by atoms with Crippen molar-refractivity contribution in [1.82, 2.24) is 9.55 Å². The van der Waals surface area contributed by atoms with Gasteiger partial charge in [-0.15, -0.1) is 11.6 Å². The molecule has 1 saturated carbocycles. The van der Waals surface area contributed by atoms with Crippen LogP contribution in [0.4, 0.5) is 0 Å². The monoisotopic (exact) mass is 308 g/mol. The highest BCUT2D eigenvalue weighted by molar-refractivity contribution is 6.20. The fraction of sp³-hybridized carbons (Fsp3) is 0.562. The van der Waals surface area contributed by atoms with E-state index in [-0.39, 0.29) is 11.0 Å². The topological polar surface area (TPSA) is 36.3 Å². The molecular formula is C16H21ClN2O2. The van der Waals surface area contributed by atoms with E-state index in [1.54, 1.807) is 14.2 Å². The number of ether oxygens (including phenoxy) is 2. The molecule has 1 aliphatic rings. The van der Waals surface area contributed by atoms with E-state index < -0.39 is 0 Å². The number of hydrogen-bond donors (Lipinski definition) is 0. The van der Waals surface area contributed by atoms with E-state index in [9.17, 15) is 0 Å². The van der Waals surface area contributed by atoms with Crippen molar-refractivity contribution in [3.63, 3.8) is 0 Å². The molecule has 1 atom stereocenters. The SMILES string of the molecule is COc1ccc2nc(C(C)Cl)n(CC3(OC)CCC3)c2c1. The molecule has 1 fully saturated rings. The molecule has 5 heteroatoms. The number of methoxy groups -OCH3 is 2. The number of benzene rings is 1. The smallest absolute Gasteiger partial charge is 0.127 e. The maximum Gasteiger partial charge on any atom is 0.127 e. The molecular weight excluding hydrogens is 288 g/mol. The molecule has 4 nitrogen and oxygen atoms in total. The van der Waals surface area contributed by atoms with Crippen molar-refractivity contribution in [2.24, 2.45) is 0 Å². The molecule has 1 aromatic carbocycles. The third-order valence-corrected chi connectivity index (χ3v) is 4.68. The molecule has 0 saturated heterocycles. The van der Waals surface area contributed by atoms with Crippen LogP contribution >= 0.6 is 11.6 Å². The van der Waals surface area contributed by atoms with E-state index >= 15 is 0 Å². The first-order valence-electron chi connectivity index (χ1n) is 7.32. The number of halogens is 1. The van der Waals surface area contributed by atoms with Crippen LogP contribution in [0.1, 0.15) is 37.4 Å². The van der Waals surface area contributed by atoms with Crippen LogP contribution in [0.25, 0.3) is 11.0 Å². The van der Waals surface area contributed by atoms with Crippen molar-refractivity contribution in [3.8, 4) is 5.75 Å². The molecule has 1 aliphatic carbocycles. The first-order chi connectivity index (χ1) is 10.1. The zero-order valence-electron chi connectivity index (χ0n) is 12.7. The zero-order chi connectivity index (χ0) is 15.0. The van der Waals surface area contributed by atoms with Gasteiger partial charge in [-0.05, 0) is 38.3 Å². The second-order valence-electron chi connectivity index (χ2n) is 5.77. The Morgan fingerprint density at radius 1 is 1.38 bits per heavy atom. The average Bonchev–Trinajstić information content (AvgIpc) is 2.80. The first kappa shape index (κ1) is 14.7. The zero-order valence-corrected chi connectivity index (χ0v) is 13.5. The molecule has 2 aromatic rings. The average molecular weight is 309 g/mol. The number of aromatic nitrogens is 2. The summed E-state index contributed by atoms with van der Waals surface area (Å²) < 4.78 is 13.3. The standard InChI is InChI=1S/C16H21ClN2O2/c1-11(17)15-18-13-6-5-12(20-2)9-14(13)19(15)10-16(21-3)7-4-8-16/h5-6,9,11H,4,7-8,10H2,1-3H3. The summed E-state index contributed by atoms with van der Waals surface area (Å²) in [4.78, 5) is 4.68. The van der Waals surface area contributed by atoms with Gasteiger partial charge in [-0.2, -0.15) is 0 Å². The highest BCUT2D eigenvalue weighted by Gasteiger charge is 2.38. The summed E-state index contributed by atoms with van der Waals surface area (Å²) >= 11 is 6.33. The third kappa shape index (κ3) is 2.51. The van der Waals surface area contributed by atoms with Crippen molar-refractivity contribution in [2.75, 3.05) is 14.2 Å². The lowest BCUT2D eigenvalue weighted by Crippen LogP contribution is -2.43. The van der Waals surface area contributed by atoms with Gasteiger partial charge in [0.05, 0.1) is 35.7 Å². The lowest BCUT2D eigenvalue weighted by Gasteiger charge is -2.41. The summed E-state index contributed by atoms with van der Waals surface area (Å²) in [7, 11) is 3.47. The van der Waals surface area contributed by atoms with Crippen LogP contribution in [0.15, 0.2) is 18.2 Å². The Hall–Kier alpha value is -1.26. The predicted molar refractivity (Wildman–Crippen MR) is 84.1 cm³/mol. The summed E-state index contributed by atoms with van der Waals surface area (Å²) in [6, 6.07) is 5.93. The fourth-order valence-corrected chi connectivity index (χ4v) is 3.17. The number of alkyl halides is 1. The lowest BCUT2D eigenvalue weighted by atomic mass is 9.80. The molecule has 0 amide bonds. The Morgan fingerprint density at radius 2 is 2.14 bits per heavy atom. The van der Waals surface area contributed by atoms with E-state index in [0.29, 0.717) is 0 Å². The molecule has 1 aromatic heterocycles. The van der Waals surface area contributed by atoms with Gasteiger partial charge in [-0.25, -0.2) is 4.98 Å². The molecule has 114 valence electrons. The number of nitrogens with zero attached hydrogens (tertiary/aromatic N) is 2. The van der Waals surface area contributed by atoms with Crippen LogP contribution in [-0.4, -0.2) is 29.4 Å². The molecule has 0 aliphatic heterocycles. The van der Waals surface area contributed by atoms with Gasteiger partial charge in [-0.3, -0.25) is 0 Å². The molecule has 0 spiro atoms. The quantitative estimate of drug-likeness (QED) is 0.786.